The fourth-order valence-electron chi connectivity index (χ4n) is 6.58. The largest absolute Gasteiger partial charge is 0.417 e. The summed E-state index contributed by atoms with van der Waals surface area (Å²) >= 11 is 7.64. The van der Waals surface area contributed by atoms with Gasteiger partial charge in [0.1, 0.15) is 11.4 Å². The normalized spacial score (nSPS) is 12.3. The summed E-state index contributed by atoms with van der Waals surface area (Å²) < 4.78 is 42.9. The number of rotatable bonds is 12. The number of alkyl halides is 3. The van der Waals surface area contributed by atoms with Gasteiger partial charge in [0.15, 0.2) is 0 Å². The Morgan fingerprint density at radius 2 is 1.54 bits per heavy atom. The highest BCUT2D eigenvalue weighted by Crippen LogP contribution is 2.43. The van der Waals surface area contributed by atoms with Crippen molar-refractivity contribution >= 4 is 49.7 Å². The number of carbonyl (C=O) groups excluding carboxylic acids is 1. The number of aryl methyl sites for hydroxylation is 2. The van der Waals surface area contributed by atoms with Gasteiger partial charge in [0, 0.05) is 28.7 Å². The Labute approximate surface area is 278 Å². The number of halogens is 4. The molecule has 4 aromatic carbocycles. The van der Waals surface area contributed by atoms with Crippen LogP contribution in [-0.2, 0) is 19.3 Å². The standard InChI is InChI=1S/C38H41ClF3N2OS/c1-5-44(6-2,25-29-21-26(3)20-27(4)22-29)19-10-9-18-43(24-28-16-17-30-12-7-8-13-31(30)23-28)37(45)36-35(39)34-32(38(40,41)42)14-11-15-33(34)46-36/h7-8,11-17,20-23H,5-6,9-10,18-19,24-25H2,1-4H3/q+1. The van der Waals surface area contributed by atoms with Gasteiger partial charge in [-0.3, -0.25) is 4.79 Å². The van der Waals surface area contributed by atoms with Crippen LogP contribution < -0.4 is 0 Å². The van der Waals surface area contributed by atoms with Gasteiger partial charge in [-0.25, -0.2) is 0 Å². The third-order valence-electron chi connectivity index (χ3n) is 9.08. The molecule has 0 aliphatic rings. The molecule has 1 amide bonds. The molecule has 0 fully saturated rings. The molecule has 0 spiro atoms. The first-order chi connectivity index (χ1) is 21.9. The lowest BCUT2D eigenvalue weighted by molar-refractivity contribution is -0.938. The van der Waals surface area contributed by atoms with Gasteiger partial charge >= 0.3 is 6.18 Å². The van der Waals surface area contributed by atoms with E-state index in [0.29, 0.717) is 17.8 Å². The SMILES string of the molecule is CC[N+](CC)(CCCCN(Cc1ccc2ccccc2c1)C(=O)c1sc2cccc(C(F)(F)F)c2c1Cl)Cc1cc(C)cc(C)c1. The molecule has 46 heavy (non-hydrogen) atoms. The van der Waals surface area contributed by atoms with Crippen LogP contribution in [0.15, 0.2) is 78.9 Å². The zero-order valence-electron chi connectivity index (χ0n) is 26.9. The number of thiophene rings is 1. The number of fused-ring (bicyclic) bond motifs is 2. The lowest BCUT2D eigenvalue weighted by Gasteiger charge is -2.37. The predicted molar refractivity (Wildman–Crippen MR) is 186 cm³/mol. The number of hydrogen-bond donors (Lipinski definition) is 0. The third kappa shape index (κ3) is 7.59. The van der Waals surface area contributed by atoms with Crippen molar-refractivity contribution < 1.29 is 22.4 Å². The van der Waals surface area contributed by atoms with E-state index in [2.05, 4.69) is 52.0 Å². The number of carbonyl (C=O) groups is 1. The first-order valence-corrected chi connectivity index (χ1v) is 17.1. The molecule has 0 bridgehead atoms. The van der Waals surface area contributed by atoms with Gasteiger partial charge in [-0.2, -0.15) is 13.2 Å². The van der Waals surface area contributed by atoms with Gasteiger partial charge in [0.2, 0.25) is 0 Å². The molecule has 0 saturated carbocycles. The van der Waals surface area contributed by atoms with E-state index in [-0.39, 0.29) is 21.2 Å². The van der Waals surface area contributed by atoms with Gasteiger partial charge in [0.05, 0.1) is 30.2 Å². The monoisotopic (exact) mass is 665 g/mol. The molecule has 5 aromatic rings. The Bertz CT molecular complexity index is 1820. The highest BCUT2D eigenvalue weighted by atomic mass is 35.5. The summed E-state index contributed by atoms with van der Waals surface area (Å²) in [5, 5.41) is 1.95. The van der Waals surface area contributed by atoms with Crippen LogP contribution in [0.1, 0.15) is 64.2 Å². The number of amides is 1. The van der Waals surface area contributed by atoms with Crippen LogP contribution in [0.3, 0.4) is 0 Å². The van der Waals surface area contributed by atoms with Crippen LogP contribution in [0.25, 0.3) is 20.9 Å². The molecule has 242 valence electrons. The van der Waals surface area contributed by atoms with Gasteiger partial charge < -0.3 is 9.38 Å². The molecular weight excluding hydrogens is 625 g/mol. The van der Waals surface area contributed by atoms with Crippen molar-refractivity contribution in [2.24, 2.45) is 0 Å². The van der Waals surface area contributed by atoms with Crippen molar-refractivity contribution in [1.29, 1.82) is 0 Å². The average molecular weight is 666 g/mol. The minimum absolute atomic E-state index is 0.102. The molecule has 5 rings (SSSR count). The summed E-state index contributed by atoms with van der Waals surface area (Å²) in [4.78, 5) is 16.0. The highest BCUT2D eigenvalue weighted by molar-refractivity contribution is 7.21. The molecule has 0 aliphatic carbocycles. The van der Waals surface area contributed by atoms with Crippen molar-refractivity contribution in [2.75, 3.05) is 26.2 Å². The van der Waals surface area contributed by atoms with Crippen molar-refractivity contribution in [3.05, 3.63) is 117 Å². The topological polar surface area (TPSA) is 20.3 Å². The molecule has 1 aromatic heterocycles. The van der Waals surface area contributed by atoms with Crippen LogP contribution in [0.2, 0.25) is 5.02 Å². The second-order valence-corrected chi connectivity index (χ2v) is 13.8. The van der Waals surface area contributed by atoms with E-state index in [0.717, 1.165) is 77.2 Å². The van der Waals surface area contributed by atoms with Crippen molar-refractivity contribution in [3.8, 4) is 0 Å². The average Bonchev–Trinajstić information content (AvgIpc) is 3.36. The van der Waals surface area contributed by atoms with E-state index in [1.165, 1.54) is 22.8 Å². The lowest BCUT2D eigenvalue weighted by atomic mass is 10.1. The summed E-state index contributed by atoms with van der Waals surface area (Å²) in [6.07, 6.45) is -2.90. The fourth-order valence-corrected chi connectivity index (χ4v) is 8.12. The Balaban J connectivity index is 1.39. The Morgan fingerprint density at radius 1 is 0.848 bits per heavy atom. The van der Waals surface area contributed by atoms with Crippen molar-refractivity contribution in [3.63, 3.8) is 0 Å². The van der Waals surface area contributed by atoms with E-state index in [1.54, 1.807) is 11.0 Å². The van der Waals surface area contributed by atoms with Crippen molar-refractivity contribution in [2.45, 2.75) is 59.8 Å². The number of unbranched alkanes of at least 4 members (excludes halogenated alkanes) is 1. The maximum absolute atomic E-state index is 14.1. The molecule has 0 N–H and O–H groups in total. The minimum Gasteiger partial charge on any atom is -0.334 e. The smallest absolute Gasteiger partial charge is 0.334 e. The zero-order chi connectivity index (χ0) is 33.1. The fraction of sp³-hybridized carbons (Fsp3) is 0.342. The Kier molecular flexibility index (Phi) is 10.5. The van der Waals surface area contributed by atoms with E-state index < -0.39 is 11.7 Å². The number of nitrogens with zero attached hydrogens (tertiary/aromatic N) is 2. The second-order valence-electron chi connectivity index (χ2n) is 12.4. The number of benzene rings is 4. The van der Waals surface area contributed by atoms with Gasteiger partial charge in [0.25, 0.3) is 5.91 Å². The van der Waals surface area contributed by atoms with Crippen LogP contribution in [0.5, 0.6) is 0 Å². The van der Waals surface area contributed by atoms with E-state index in [1.807, 2.05) is 36.4 Å². The number of quaternary nitrogens is 1. The molecule has 8 heteroatoms. The Morgan fingerprint density at radius 3 is 2.22 bits per heavy atom. The first kappa shape index (κ1) is 34.0. The molecule has 0 aliphatic heterocycles. The van der Waals surface area contributed by atoms with Gasteiger partial charge in [-0.05, 0) is 75.1 Å². The minimum atomic E-state index is -4.57. The molecular formula is C38H41ClF3N2OS+. The Hall–Kier alpha value is -3.39. The summed E-state index contributed by atoms with van der Waals surface area (Å²) in [7, 11) is 0. The molecule has 0 saturated heterocycles. The van der Waals surface area contributed by atoms with E-state index >= 15 is 0 Å². The summed E-state index contributed by atoms with van der Waals surface area (Å²) in [5.74, 6) is -0.338. The van der Waals surface area contributed by atoms with Crippen molar-refractivity contribution in [1.82, 2.24) is 4.90 Å². The van der Waals surface area contributed by atoms with Crippen LogP contribution in [0.4, 0.5) is 13.2 Å². The molecule has 0 atom stereocenters. The summed E-state index contributed by atoms with van der Waals surface area (Å²) in [5.41, 5.74) is 4.02. The van der Waals surface area contributed by atoms with Crippen LogP contribution in [-0.4, -0.2) is 41.5 Å². The molecule has 3 nitrogen and oxygen atoms in total. The molecule has 0 radical (unpaired) electrons. The molecule has 0 unspecified atom stereocenters. The van der Waals surface area contributed by atoms with Crippen LogP contribution >= 0.6 is 22.9 Å². The quantitative estimate of drug-likeness (QED) is 0.0959. The summed E-state index contributed by atoms with van der Waals surface area (Å²) in [6, 6.07) is 24.9. The zero-order valence-corrected chi connectivity index (χ0v) is 28.5. The van der Waals surface area contributed by atoms with E-state index in [4.69, 9.17) is 11.6 Å². The van der Waals surface area contributed by atoms with E-state index in [9.17, 15) is 18.0 Å². The summed E-state index contributed by atoms with van der Waals surface area (Å²) in [6.45, 7) is 13.5. The lowest BCUT2D eigenvalue weighted by Crippen LogP contribution is -2.47. The number of hydrogen-bond acceptors (Lipinski definition) is 2. The third-order valence-corrected chi connectivity index (χ3v) is 10.7. The van der Waals surface area contributed by atoms with Gasteiger partial charge in [-0.15, -0.1) is 11.3 Å². The second kappa shape index (κ2) is 14.2. The maximum atomic E-state index is 14.1. The molecule has 1 heterocycles. The van der Waals surface area contributed by atoms with Gasteiger partial charge in [-0.1, -0.05) is 83.4 Å². The van der Waals surface area contributed by atoms with Crippen LogP contribution in [0, 0.1) is 13.8 Å². The first-order valence-electron chi connectivity index (χ1n) is 15.9. The highest BCUT2D eigenvalue weighted by Gasteiger charge is 2.35. The maximum Gasteiger partial charge on any atom is 0.417 e. The predicted octanol–water partition coefficient (Wildman–Crippen LogP) is 10.8.